The molecule has 0 atom stereocenters. The SMILES string of the molecule is COc1ccc(C=Nc2c(-c3ccco3)nc3ccc(Br)cn23)cc1Br. The molecule has 0 aliphatic carbocycles. The molecule has 1 aromatic carbocycles. The van der Waals surface area contributed by atoms with Crippen molar-refractivity contribution in [3.63, 3.8) is 0 Å². The average Bonchev–Trinajstić information content (AvgIpc) is 3.27. The normalized spacial score (nSPS) is 11.5. The number of pyridine rings is 1. The molecule has 3 aromatic heterocycles. The highest BCUT2D eigenvalue weighted by Crippen LogP contribution is 2.32. The van der Waals surface area contributed by atoms with Crippen LogP contribution in [0, 0.1) is 0 Å². The van der Waals surface area contributed by atoms with Gasteiger partial charge in [-0.25, -0.2) is 9.98 Å². The van der Waals surface area contributed by atoms with Crippen molar-refractivity contribution in [3.05, 3.63) is 69.4 Å². The number of methoxy groups -OCH3 is 1. The summed E-state index contributed by atoms with van der Waals surface area (Å²) in [6.45, 7) is 0. The maximum atomic E-state index is 5.54. The lowest BCUT2D eigenvalue weighted by Crippen LogP contribution is -1.88. The summed E-state index contributed by atoms with van der Waals surface area (Å²) in [5.41, 5.74) is 2.42. The Morgan fingerprint density at radius 1 is 1.19 bits per heavy atom. The van der Waals surface area contributed by atoms with Crippen LogP contribution in [0.5, 0.6) is 5.75 Å². The lowest BCUT2D eigenvalue weighted by Gasteiger charge is -2.03. The van der Waals surface area contributed by atoms with Crippen molar-refractivity contribution in [2.24, 2.45) is 4.99 Å². The fourth-order valence-corrected chi connectivity index (χ4v) is 3.50. The quantitative estimate of drug-likeness (QED) is 0.347. The highest BCUT2D eigenvalue weighted by atomic mass is 79.9. The molecule has 0 fully saturated rings. The van der Waals surface area contributed by atoms with Gasteiger partial charge in [0.15, 0.2) is 17.3 Å². The van der Waals surface area contributed by atoms with Crippen LogP contribution in [0.3, 0.4) is 0 Å². The van der Waals surface area contributed by atoms with Gasteiger partial charge in [0.2, 0.25) is 0 Å². The van der Waals surface area contributed by atoms with Crippen molar-refractivity contribution in [1.82, 2.24) is 9.38 Å². The molecule has 0 amide bonds. The second-order valence-electron chi connectivity index (χ2n) is 5.49. The molecule has 4 aromatic rings. The Morgan fingerprint density at radius 3 is 2.81 bits per heavy atom. The van der Waals surface area contributed by atoms with Crippen molar-refractivity contribution in [3.8, 4) is 17.2 Å². The Balaban J connectivity index is 1.83. The van der Waals surface area contributed by atoms with E-state index >= 15 is 0 Å². The molecule has 7 heteroatoms. The number of furan rings is 1. The fourth-order valence-electron chi connectivity index (χ4n) is 2.61. The first-order chi connectivity index (χ1) is 12.7. The number of halogens is 2. The molecule has 3 heterocycles. The summed E-state index contributed by atoms with van der Waals surface area (Å²) in [4.78, 5) is 9.35. The van der Waals surface area contributed by atoms with E-state index in [0.717, 1.165) is 25.9 Å². The van der Waals surface area contributed by atoms with Gasteiger partial charge < -0.3 is 9.15 Å². The van der Waals surface area contributed by atoms with Gasteiger partial charge in [-0.1, -0.05) is 0 Å². The number of rotatable bonds is 4. The van der Waals surface area contributed by atoms with Gasteiger partial charge >= 0.3 is 0 Å². The highest BCUT2D eigenvalue weighted by Gasteiger charge is 2.15. The van der Waals surface area contributed by atoms with Gasteiger partial charge in [0, 0.05) is 16.9 Å². The van der Waals surface area contributed by atoms with Crippen LogP contribution in [-0.4, -0.2) is 22.7 Å². The summed E-state index contributed by atoms with van der Waals surface area (Å²) >= 11 is 7.00. The van der Waals surface area contributed by atoms with E-state index in [0.29, 0.717) is 17.3 Å². The van der Waals surface area contributed by atoms with E-state index in [4.69, 9.17) is 14.1 Å². The Labute approximate surface area is 166 Å². The molecule has 26 heavy (non-hydrogen) atoms. The van der Waals surface area contributed by atoms with E-state index in [-0.39, 0.29) is 0 Å². The zero-order valence-corrected chi connectivity index (χ0v) is 16.9. The largest absolute Gasteiger partial charge is 0.496 e. The summed E-state index contributed by atoms with van der Waals surface area (Å²) in [7, 11) is 1.64. The summed E-state index contributed by atoms with van der Waals surface area (Å²) in [5, 5.41) is 0. The van der Waals surface area contributed by atoms with Gasteiger partial charge in [0.1, 0.15) is 11.4 Å². The van der Waals surface area contributed by atoms with Crippen molar-refractivity contribution in [2.45, 2.75) is 0 Å². The van der Waals surface area contributed by atoms with Crippen LogP contribution >= 0.6 is 31.9 Å². The molecule has 0 saturated heterocycles. The standard InChI is InChI=1S/C19H13Br2N3O2/c1-25-15-6-4-12(9-14(15)21)10-22-19-18(16-3-2-8-26-16)23-17-7-5-13(20)11-24(17)19/h2-11H,1H3. The van der Waals surface area contributed by atoms with E-state index in [1.54, 1.807) is 19.6 Å². The molecule has 5 nitrogen and oxygen atoms in total. The van der Waals surface area contributed by atoms with E-state index < -0.39 is 0 Å². The van der Waals surface area contributed by atoms with Gasteiger partial charge in [-0.2, -0.15) is 0 Å². The van der Waals surface area contributed by atoms with Crippen LogP contribution in [0.25, 0.3) is 17.1 Å². The second-order valence-corrected chi connectivity index (χ2v) is 7.26. The van der Waals surface area contributed by atoms with Crippen LogP contribution in [-0.2, 0) is 0 Å². The first-order valence-electron chi connectivity index (χ1n) is 7.75. The molecule has 0 aliphatic heterocycles. The van der Waals surface area contributed by atoms with Crippen LogP contribution in [0.15, 0.2) is 73.3 Å². The molecule has 0 radical (unpaired) electrons. The van der Waals surface area contributed by atoms with Gasteiger partial charge in [-0.3, -0.25) is 4.40 Å². The molecule has 0 bridgehead atoms. The first-order valence-corrected chi connectivity index (χ1v) is 9.33. The number of imidazole rings is 1. The van der Waals surface area contributed by atoms with Crippen molar-refractivity contribution >= 4 is 49.5 Å². The number of fused-ring (bicyclic) bond motifs is 1. The van der Waals surface area contributed by atoms with Crippen LogP contribution in [0.2, 0.25) is 0 Å². The predicted molar refractivity (Wildman–Crippen MR) is 109 cm³/mol. The number of ether oxygens (including phenoxy) is 1. The average molecular weight is 475 g/mol. The second kappa shape index (κ2) is 7.09. The van der Waals surface area contributed by atoms with Crippen LogP contribution < -0.4 is 4.74 Å². The third-order valence-corrected chi connectivity index (χ3v) is 4.91. The number of hydrogen-bond acceptors (Lipinski definition) is 4. The number of benzene rings is 1. The smallest absolute Gasteiger partial charge is 0.168 e. The topological polar surface area (TPSA) is 52.0 Å². The Bertz CT molecular complexity index is 1100. The molecular weight excluding hydrogens is 462 g/mol. The molecule has 4 rings (SSSR count). The van der Waals surface area contributed by atoms with Crippen molar-refractivity contribution in [2.75, 3.05) is 7.11 Å². The highest BCUT2D eigenvalue weighted by molar-refractivity contribution is 9.10. The lowest BCUT2D eigenvalue weighted by atomic mass is 10.2. The summed E-state index contributed by atoms with van der Waals surface area (Å²) in [5.74, 6) is 2.15. The van der Waals surface area contributed by atoms with Crippen LogP contribution in [0.4, 0.5) is 5.82 Å². The van der Waals surface area contributed by atoms with Crippen molar-refractivity contribution < 1.29 is 9.15 Å². The molecule has 0 aliphatic rings. The molecule has 130 valence electrons. The minimum absolute atomic E-state index is 0.674. The molecule has 0 unspecified atom stereocenters. The van der Waals surface area contributed by atoms with Gasteiger partial charge in [-0.15, -0.1) is 0 Å². The van der Waals surface area contributed by atoms with E-state index in [2.05, 4.69) is 36.8 Å². The lowest BCUT2D eigenvalue weighted by molar-refractivity contribution is 0.412. The summed E-state index contributed by atoms with van der Waals surface area (Å²) in [6.07, 6.45) is 5.36. The summed E-state index contributed by atoms with van der Waals surface area (Å²) < 4.78 is 14.5. The van der Waals surface area contributed by atoms with Gasteiger partial charge in [0.05, 0.1) is 17.8 Å². The fraction of sp³-hybridized carbons (Fsp3) is 0.0526. The molecule has 0 saturated carbocycles. The molecular formula is C19H13Br2N3O2. The van der Waals surface area contributed by atoms with Crippen LogP contribution in [0.1, 0.15) is 5.56 Å². The van der Waals surface area contributed by atoms with E-state index in [9.17, 15) is 0 Å². The minimum atomic E-state index is 0.674. The minimum Gasteiger partial charge on any atom is -0.496 e. The maximum Gasteiger partial charge on any atom is 0.168 e. The molecule has 0 spiro atoms. The Kier molecular flexibility index (Phi) is 4.65. The van der Waals surface area contributed by atoms with E-state index in [1.165, 1.54) is 0 Å². The van der Waals surface area contributed by atoms with Gasteiger partial charge in [-0.05, 0) is 79.9 Å². The first kappa shape index (κ1) is 17.1. The third-order valence-electron chi connectivity index (χ3n) is 3.82. The number of aliphatic imine (C=N–C) groups is 1. The Morgan fingerprint density at radius 2 is 2.08 bits per heavy atom. The van der Waals surface area contributed by atoms with Crippen molar-refractivity contribution in [1.29, 1.82) is 0 Å². The summed E-state index contributed by atoms with van der Waals surface area (Å²) in [6, 6.07) is 13.4. The number of hydrogen-bond donors (Lipinski definition) is 0. The van der Waals surface area contributed by atoms with Gasteiger partial charge in [0.25, 0.3) is 0 Å². The monoisotopic (exact) mass is 473 g/mol. The third kappa shape index (κ3) is 3.20. The van der Waals surface area contributed by atoms with E-state index in [1.807, 2.05) is 53.1 Å². The maximum absolute atomic E-state index is 5.54. The number of nitrogens with zero attached hydrogens (tertiary/aromatic N) is 3. The Hall–Kier alpha value is -2.38. The zero-order valence-electron chi connectivity index (χ0n) is 13.7. The number of aromatic nitrogens is 2. The predicted octanol–water partition coefficient (Wildman–Crippen LogP) is 5.88. The zero-order chi connectivity index (χ0) is 18.1. The molecule has 0 N–H and O–H groups in total.